The van der Waals surface area contributed by atoms with Crippen molar-refractivity contribution in [3.63, 3.8) is 0 Å². The molecule has 0 aromatic heterocycles. The first-order chi connectivity index (χ1) is 21.9. The van der Waals surface area contributed by atoms with E-state index in [0.29, 0.717) is 36.3 Å². The molecule has 4 atom stereocenters. The number of benzene rings is 2. The zero-order chi connectivity index (χ0) is 33.8. The molecule has 5 rings (SSSR count). The Morgan fingerprint density at radius 3 is 2.39 bits per heavy atom. The molecule has 0 bridgehead atoms. The van der Waals surface area contributed by atoms with Gasteiger partial charge in [0.05, 0.1) is 18.8 Å². The predicted octanol–water partition coefficient (Wildman–Crippen LogP) is 5.04. The van der Waals surface area contributed by atoms with Crippen LogP contribution < -0.4 is 21.0 Å². The number of carbonyl (C=O) groups excluding carboxylic acids is 3. The Morgan fingerprint density at radius 2 is 1.78 bits per heavy atom. The third kappa shape index (κ3) is 11.0. The molecule has 2 saturated heterocycles. The number of amides is 4. The van der Waals surface area contributed by atoms with Gasteiger partial charge in [0.2, 0.25) is 5.90 Å². The zero-order valence-corrected chi connectivity index (χ0v) is 28.1. The Bertz CT molecular complexity index is 1400. The van der Waals surface area contributed by atoms with Gasteiger partial charge in [-0.05, 0) is 85.1 Å². The van der Waals surface area contributed by atoms with Crippen molar-refractivity contribution in [2.75, 3.05) is 25.2 Å². The number of rotatable bonds is 8. The SMILES string of the molecule is CCCCC(CC)COC(=O)OC1=NN(c2cccc(C)c2)CC1.CN1C(=O)NC2NC(=O)NC21.Cc1cc(C)cc(S(=O)[O-])c1. The van der Waals surface area contributed by atoms with E-state index in [-0.39, 0.29) is 24.4 Å². The summed E-state index contributed by atoms with van der Waals surface area (Å²) in [6.07, 6.45) is 3.86. The molecule has 252 valence electrons. The standard InChI is InChI=1S/C19H28N2O3.C8H10O2S.C5H8N4O2/c1-4-6-9-16(5-2)14-23-19(22)24-18-11-12-21(20-18)17-10-7-8-15(3)13-17;1-6-3-7(2)5-8(4-6)11(9)10;1-9-3-2(7-5(9)11)6-4(10)8-3/h7-8,10,13,16H,4-6,9,11-12,14H2,1-3H3;3-5H,1-2H3,(H,9,10);2-3H,1H3,(H,7,11)(H2,6,8,10)/p-1. The molecule has 4 unspecified atom stereocenters. The average molecular weight is 658 g/mol. The number of aryl methyl sites for hydroxylation is 3. The fourth-order valence-corrected chi connectivity index (χ4v) is 5.56. The molecule has 0 aliphatic carbocycles. The van der Waals surface area contributed by atoms with E-state index in [1.54, 1.807) is 19.2 Å². The first-order valence-electron chi connectivity index (χ1n) is 15.4. The van der Waals surface area contributed by atoms with Crippen molar-refractivity contribution in [2.45, 2.75) is 83.9 Å². The first kappa shape index (κ1) is 36.3. The minimum absolute atomic E-state index is 0.174. The van der Waals surface area contributed by atoms with Gasteiger partial charge in [0.25, 0.3) is 0 Å². The number of nitrogens with one attached hydrogen (secondary N) is 3. The highest BCUT2D eigenvalue weighted by Crippen LogP contribution is 2.21. The van der Waals surface area contributed by atoms with Gasteiger partial charge in [-0.3, -0.25) is 9.22 Å². The van der Waals surface area contributed by atoms with E-state index in [9.17, 15) is 23.1 Å². The summed E-state index contributed by atoms with van der Waals surface area (Å²) < 4.78 is 31.5. The maximum absolute atomic E-state index is 11.8. The Balaban J connectivity index is 0.000000215. The number of nitrogens with zero attached hydrogens (tertiary/aromatic N) is 3. The van der Waals surface area contributed by atoms with Gasteiger partial charge in [-0.2, -0.15) is 0 Å². The van der Waals surface area contributed by atoms with Crippen LogP contribution >= 0.6 is 0 Å². The van der Waals surface area contributed by atoms with Crippen LogP contribution in [-0.4, -0.2) is 70.3 Å². The quantitative estimate of drug-likeness (QED) is 0.263. The maximum Gasteiger partial charge on any atom is 0.514 e. The van der Waals surface area contributed by atoms with Crippen LogP contribution in [0.15, 0.2) is 52.5 Å². The zero-order valence-electron chi connectivity index (χ0n) is 27.3. The van der Waals surface area contributed by atoms with Gasteiger partial charge in [0.1, 0.15) is 12.3 Å². The molecule has 13 nitrogen and oxygen atoms in total. The number of urea groups is 2. The monoisotopic (exact) mass is 657 g/mol. The summed E-state index contributed by atoms with van der Waals surface area (Å²) in [6.45, 7) is 11.2. The Morgan fingerprint density at radius 1 is 1.07 bits per heavy atom. The molecule has 4 amide bonds. The molecular formula is C32H45N6O7S-. The Labute approximate surface area is 273 Å². The van der Waals surface area contributed by atoms with Crippen LogP contribution in [0.3, 0.4) is 0 Å². The molecule has 0 saturated carbocycles. The van der Waals surface area contributed by atoms with Crippen molar-refractivity contribution < 1.29 is 32.6 Å². The number of fused-ring (bicyclic) bond motifs is 1. The van der Waals surface area contributed by atoms with Crippen LogP contribution in [0.1, 0.15) is 62.6 Å². The molecule has 3 heterocycles. The van der Waals surface area contributed by atoms with E-state index in [2.05, 4.69) is 41.0 Å². The number of carbonyl (C=O) groups is 3. The van der Waals surface area contributed by atoms with E-state index in [1.807, 2.05) is 50.0 Å². The minimum Gasteiger partial charge on any atom is -0.768 e. The van der Waals surface area contributed by atoms with Crippen LogP contribution in [0.4, 0.5) is 20.1 Å². The van der Waals surface area contributed by atoms with Crippen LogP contribution in [0.25, 0.3) is 0 Å². The summed E-state index contributed by atoms with van der Waals surface area (Å²) in [5, 5.41) is 13.9. The summed E-state index contributed by atoms with van der Waals surface area (Å²) in [5.41, 5.74) is 4.13. The third-order valence-corrected chi connectivity index (χ3v) is 8.16. The topological polar surface area (TPSA) is 165 Å². The van der Waals surface area contributed by atoms with Gasteiger partial charge < -0.3 is 34.9 Å². The predicted molar refractivity (Wildman–Crippen MR) is 175 cm³/mol. The molecule has 3 aliphatic heterocycles. The highest BCUT2D eigenvalue weighted by molar-refractivity contribution is 7.79. The van der Waals surface area contributed by atoms with Crippen molar-refractivity contribution >= 4 is 40.9 Å². The molecule has 2 aromatic rings. The lowest BCUT2D eigenvalue weighted by Crippen LogP contribution is -2.40. The fraction of sp³-hybridized carbons (Fsp3) is 0.500. The molecular weight excluding hydrogens is 612 g/mol. The number of anilines is 1. The molecule has 0 radical (unpaired) electrons. The van der Waals surface area contributed by atoms with Crippen LogP contribution in [0.5, 0.6) is 0 Å². The second-order valence-corrected chi connectivity index (χ2v) is 12.4. The normalized spacial score (nSPS) is 19.2. The number of likely N-dealkylation sites (N-methyl/N-ethyl adjacent to an activating group) is 1. The van der Waals surface area contributed by atoms with Crippen molar-refractivity contribution in [1.82, 2.24) is 20.9 Å². The lowest BCUT2D eigenvalue weighted by atomic mass is 10.0. The highest BCUT2D eigenvalue weighted by Gasteiger charge is 2.43. The third-order valence-electron chi connectivity index (χ3n) is 7.54. The van der Waals surface area contributed by atoms with Gasteiger partial charge in [0, 0.05) is 18.4 Å². The van der Waals surface area contributed by atoms with E-state index < -0.39 is 17.2 Å². The van der Waals surface area contributed by atoms with Crippen LogP contribution in [-0.2, 0) is 20.6 Å². The van der Waals surface area contributed by atoms with Crippen molar-refractivity contribution in [2.24, 2.45) is 11.0 Å². The molecule has 3 aliphatic rings. The molecule has 2 fully saturated rings. The number of ether oxygens (including phenoxy) is 2. The van der Waals surface area contributed by atoms with Gasteiger partial charge in [-0.15, -0.1) is 5.10 Å². The van der Waals surface area contributed by atoms with E-state index >= 15 is 0 Å². The Hall–Kier alpha value is -4.17. The Kier molecular flexibility index (Phi) is 13.8. The highest BCUT2D eigenvalue weighted by atomic mass is 32.2. The number of unbranched alkanes of at least 4 members (excludes halogenated alkanes) is 1. The lowest BCUT2D eigenvalue weighted by molar-refractivity contribution is 0.0773. The summed E-state index contributed by atoms with van der Waals surface area (Å²) in [4.78, 5) is 35.3. The summed E-state index contributed by atoms with van der Waals surface area (Å²) in [7, 11) is 1.63. The van der Waals surface area contributed by atoms with Crippen molar-refractivity contribution in [1.29, 1.82) is 0 Å². The van der Waals surface area contributed by atoms with Gasteiger partial charge in [-0.25, -0.2) is 14.4 Å². The summed E-state index contributed by atoms with van der Waals surface area (Å²) in [5.74, 6) is 0.829. The summed E-state index contributed by atoms with van der Waals surface area (Å²) in [6, 6.07) is 12.9. The molecule has 0 spiro atoms. The van der Waals surface area contributed by atoms with Gasteiger partial charge in [0.15, 0.2) is 0 Å². The van der Waals surface area contributed by atoms with E-state index in [4.69, 9.17) is 9.47 Å². The second kappa shape index (κ2) is 17.5. The maximum atomic E-state index is 11.8. The van der Waals surface area contributed by atoms with E-state index in [0.717, 1.165) is 42.5 Å². The minimum atomic E-state index is -2.10. The van der Waals surface area contributed by atoms with Crippen LogP contribution in [0, 0.1) is 26.7 Å². The molecule has 46 heavy (non-hydrogen) atoms. The second-order valence-electron chi connectivity index (χ2n) is 11.4. The number of hydrogen-bond donors (Lipinski definition) is 3. The largest absolute Gasteiger partial charge is 0.768 e. The molecule has 3 N–H and O–H groups in total. The number of hydrogen-bond acceptors (Lipinski definition) is 9. The molecule has 2 aromatic carbocycles. The smallest absolute Gasteiger partial charge is 0.514 e. The van der Waals surface area contributed by atoms with Gasteiger partial charge >= 0.3 is 18.2 Å². The fourth-order valence-electron chi connectivity index (χ4n) is 5.00. The first-order valence-corrected chi connectivity index (χ1v) is 16.5. The van der Waals surface area contributed by atoms with Crippen molar-refractivity contribution in [3.8, 4) is 0 Å². The average Bonchev–Trinajstić information content (AvgIpc) is 3.69. The number of hydrazone groups is 1. The van der Waals surface area contributed by atoms with Crippen molar-refractivity contribution in [3.05, 3.63) is 59.2 Å². The molecule has 14 heteroatoms. The van der Waals surface area contributed by atoms with E-state index in [1.165, 1.54) is 10.5 Å². The van der Waals surface area contributed by atoms with Crippen LogP contribution in [0.2, 0.25) is 0 Å². The lowest BCUT2D eigenvalue weighted by Gasteiger charge is -2.14. The summed E-state index contributed by atoms with van der Waals surface area (Å²) >= 11 is -2.10. The van der Waals surface area contributed by atoms with Gasteiger partial charge in [-0.1, -0.05) is 51.3 Å².